The summed E-state index contributed by atoms with van der Waals surface area (Å²) in [5.74, 6) is 0. The van der Waals surface area contributed by atoms with Gasteiger partial charge in [-0.1, -0.05) is 18.5 Å². The Balaban J connectivity index is 2.17. The fraction of sp³-hybridized carbons (Fsp3) is 0.571. The van der Waals surface area contributed by atoms with Gasteiger partial charge < -0.3 is 10.6 Å². The standard InChI is InChI=1S/C14H22ClN3O2S/c1-3-18-8-6-11(7-9-18)17(2)21(19,20)12-4-5-13(15)14(16)10-12/h4-5,10-11H,3,6-9,16H2,1-2H3. The van der Waals surface area contributed by atoms with Crippen LogP contribution in [0, 0.1) is 0 Å². The number of halogens is 1. The molecule has 5 nitrogen and oxygen atoms in total. The lowest BCUT2D eigenvalue weighted by Gasteiger charge is -2.35. The van der Waals surface area contributed by atoms with Crippen molar-refractivity contribution < 1.29 is 8.42 Å². The fourth-order valence-electron chi connectivity index (χ4n) is 2.64. The largest absolute Gasteiger partial charge is 0.397 e. The Bertz CT molecular complexity index is 598. The van der Waals surface area contributed by atoms with Crippen LogP contribution in [-0.2, 0) is 10.0 Å². The van der Waals surface area contributed by atoms with Gasteiger partial charge in [-0.25, -0.2) is 8.42 Å². The number of nitrogens with two attached hydrogens (primary N) is 1. The Morgan fingerprint density at radius 1 is 1.38 bits per heavy atom. The number of nitrogens with zero attached hydrogens (tertiary/aromatic N) is 2. The van der Waals surface area contributed by atoms with Gasteiger partial charge in [0.25, 0.3) is 0 Å². The molecule has 7 heteroatoms. The first kappa shape index (κ1) is 16.5. The molecule has 0 atom stereocenters. The summed E-state index contributed by atoms with van der Waals surface area (Å²) < 4.78 is 26.8. The molecule has 2 rings (SSSR count). The molecule has 1 aromatic carbocycles. The van der Waals surface area contributed by atoms with Crippen molar-refractivity contribution in [2.75, 3.05) is 32.4 Å². The van der Waals surface area contributed by atoms with Crippen molar-refractivity contribution in [3.63, 3.8) is 0 Å². The van der Waals surface area contributed by atoms with E-state index in [1.807, 2.05) is 0 Å². The molecular formula is C14H22ClN3O2S. The molecule has 118 valence electrons. The van der Waals surface area contributed by atoms with Crippen molar-refractivity contribution in [2.24, 2.45) is 0 Å². The molecule has 1 fully saturated rings. The lowest BCUT2D eigenvalue weighted by molar-refractivity contribution is 0.176. The fourth-order valence-corrected chi connectivity index (χ4v) is 4.21. The van der Waals surface area contributed by atoms with Gasteiger partial charge in [-0.2, -0.15) is 4.31 Å². The van der Waals surface area contributed by atoms with Crippen LogP contribution in [0.3, 0.4) is 0 Å². The molecule has 2 N–H and O–H groups in total. The monoisotopic (exact) mass is 331 g/mol. The van der Waals surface area contributed by atoms with Gasteiger partial charge in [0.1, 0.15) is 0 Å². The number of sulfonamides is 1. The van der Waals surface area contributed by atoms with Crippen LogP contribution in [0.2, 0.25) is 5.02 Å². The number of rotatable bonds is 4. The second-order valence-electron chi connectivity index (χ2n) is 5.37. The highest BCUT2D eigenvalue weighted by Crippen LogP contribution is 2.26. The molecule has 21 heavy (non-hydrogen) atoms. The van der Waals surface area contributed by atoms with E-state index in [1.165, 1.54) is 22.5 Å². The molecule has 1 aromatic rings. The molecule has 0 bridgehead atoms. The van der Waals surface area contributed by atoms with Gasteiger partial charge >= 0.3 is 0 Å². The maximum atomic E-state index is 12.7. The zero-order valence-corrected chi connectivity index (χ0v) is 14.0. The Morgan fingerprint density at radius 3 is 2.52 bits per heavy atom. The van der Waals surface area contributed by atoms with Gasteiger partial charge in [0.05, 0.1) is 15.6 Å². The maximum Gasteiger partial charge on any atom is 0.243 e. The number of benzene rings is 1. The van der Waals surface area contributed by atoms with Gasteiger partial charge in [0.15, 0.2) is 0 Å². The third kappa shape index (κ3) is 3.51. The first-order chi connectivity index (χ1) is 9.86. The number of hydrogen-bond acceptors (Lipinski definition) is 4. The second kappa shape index (κ2) is 6.52. The van der Waals surface area contributed by atoms with Crippen molar-refractivity contribution in [1.82, 2.24) is 9.21 Å². The zero-order chi connectivity index (χ0) is 15.6. The van der Waals surface area contributed by atoms with Crippen LogP contribution in [0.25, 0.3) is 0 Å². The normalized spacial score (nSPS) is 18.3. The SMILES string of the molecule is CCN1CCC(N(C)S(=O)(=O)c2ccc(Cl)c(N)c2)CC1. The lowest BCUT2D eigenvalue weighted by Crippen LogP contribution is -2.45. The molecule has 0 aromatic heterocycles. The summed E-state index contributed by atoms with van der Waals surface area (Å²) in [6.07, 6.45) is 1.71. The molecular weight excluding hydrogens is 310 g/mol. The predicted octanol–water partition coefficient (Wildman–Crippen LogP) is 2.03. The number of piperidine rings is 1. The van der Waals surface area contributed by atoms with Gasteiger partial charge in [0, 0.05) is 13.1 Å². The van der Waals surface area contributed by atoms with Crippen molar-refractivity contribution in [3.05, 3.63) is 23.2 Å². The molecule has 0 radical (unpaired) electrons. The van der Waals surface area contributed by atoms with Crippen molar-refractivity contribution in [2.45, 2.75) is 30.7 Å². The van der Waals surface area contributed by atoms with Crippen molar-refractivity contribution in [1.29, 1.82) is 0 Å². The first-order valence-electron chi connectivity index (χ1n) is 7.11. The third-order valence-corrected chi connectivity index (χ3v) is 6.41. The maximum absolute atomic E-state index is 12.7. The highest BCUT2D eigenvalue weighted by molar-refractivity contribution is 7.89. The van der Waals surface area contributed by atoms with Crippen LogP contribution in [0.5, 0.6) is 0 Å². The minimum absolute atomic E-state index is 0.0368. The van der Waals surface area contributed by atoms with E-state index in [2.05, 4.69) is 11.8 Å². The molecule has 0 saturated carbocycles. The summed E-state index contributed by atoms with van der Waals surface area (Å²) in [4.78, 5) is 2.53. The molecule has 1 aliphatic rings. The van der Waals surface area contributed by atoms with E-state index in [0.717, 1.165) is 32.5 Å². The molecule has 0 amide bonds. The quantitative estimate of drug-likeness (QED) is 0.857. The molecule has 1 aliphatic heterocycles. The average Bonchev–Trinajstić information content (AvgIpc) is 2.49. The molecule has 0 aliphatic carbocycles. The van der Waals surface area contributed by atoms with Crippen LogP contribution >= 0.6 is 11.6 Å². The Hall–Kier alpha value is -0.820. The smallest absolute Gasteiger partial charge is 0.243 e. The van der Waals surface area contributed by atoms with E-state index in [9.17, 15) is 8.42 Å². The van der Waals surface area contributed by atoms with E-state index in [-0.39, 0.29) is 16.6 Å². The first-order valence-corrected chi connectivity index (χ1v) is 8.93. The average molecular weight is 332 g/mol. The van der Waals surface area contributed by atoms with E-state index in [4.69, 9.17) is 17.3 Å². The molecule has 0 spiro atoms. The van der Waals surface area contributed by atoms with Crippen LogP contribution in [-0.4, -0.2) is 50.3 Å². The van der Waals surface area contributed by atoms with Crippen LogP contribution in [0.4, 0.5) is 5.69 Å². The predicted molar refractivity (Wildman–Crippen MR) is 85.9 cm³/mol. The Labute approximate surface area is 131 Å². The zero-order valence-electron chi connectivity index (χ0n) is 12.4. The topological polar surface area (TPSA) is 66.6 Å². The lowest BCUT2D eigenvalue weighted by atomic mass is 10.1. The van der Waals surface area contributed by atoms with E-state index >= 15 is 0 Å². The number of hydrogen-bond donors (Lipinski definition) is 1. The minimum atomic E-state index is -3.53. The van der Waals surface area contributed by atoms with Gasteiger partial charge in [-0.3, -0.25) is 0 Å². The van der Waals surface area contributed by atoms with Crippen molar-refractivity contribution >= 4 is 27.3 Å². The summed E-state index contributed by atoms with van der Waals surface area (Å²) >= 11 is 5.85. The summed E-state index contributed by atoms with van der Waals surface area (Å²) in [6, 6.07) is 4.49. The number of anilines is 1. The minimum Gasteiger partial charge on any atom is -0.397 e. The molecule has 0 unspecified atom stereocenters. The van der Waals surface area contributed by atoms with Gasteiger partial charge in [0.2, 0.25) is 10.0 Å². The Kier molecular flexibility index (Phi) is 5.14. The number of nitrogen functional groups attached to an aromatic ring is 1. The van der Waals surface area contributed by atoms with E-state index in [0.29, 0.717) is 5.02 Å². The van der Waals surface area contributed by atoms with Gasteiger partial charge in [-0.15, -0.1) is 0 Å². The highest BCUT2D eigenvalue weighted by Gasteiger charge is 2.30. The Morgan fingerprint density at radius 2 is 2.00 bits per heavy atom. The van der Waals surface area contributed by atoms with Crippen LogP contribution < -0.4 is 5.73 Å². The third-order valence-electron chi connectivity index (χ3n) is 4.16. The summed E-state index contributed by atoms with van der Waals surface area (Å²) in [5, 5.41) is 0.368. The second-order valence-corrected chi connectivity index (χ2v) is 7.77. The summed E-state index contributed by atoms with van der Waals surface area (Å²) in [7, 11) is -1.88. The summed E-state index contributed by atoms with van der Waals surface area (Å²) in [5.41, 5.74) is 5.99. The van der Waals surface area contributed by atoms with E-state index in [1.54, 1.807) is 7.05 Å². The number of likely N-dealkylation sites (tertiary alicyclic amines) is 1. The van der Waals surface area contributed by atoms with Crippen LogP contribution in [0.1, 0.15) is 19.8 Å². The van der Waals surface area contributed by atoms with E-state index < -0.39 is 10.0 Å². The highest BCUT2D eigenvalue weighted by atomic mass is 35.5. The van der Waals surface area contributed by atoms with Crippen molar-refractivity contribution in [3.8, 4) is 0 Å². The summed E-state index contributed by atoms with van der Waals surface area (Å²) in [6.45, 7) is 5.00. The van der Waals surface area contributed by atoms with Gasteiger partial charge in [-0.05, 0) is 50.7 Å². The van der Waals surface area contributed by atoms with Crippen LogP contribution in [0.15, 0.2) is 23.1 Å². The molecule has 1 heterocycles. The molecule has 1 saturated heterocycles.